The van der Waals surface area contributed by atoms with Gasteiger partial charge in [-0.15, -0.1) is 0 Å². The molecule has 0 aromatic heterocycles. The van der Waals surface area contributed by atoms with E-state index < -0.39 is 35.3 Å². The summed E-state index contributed by atoms with van der Waals surface area (Å²) < 4.78 is 51.1. The number of aliphatic hydroxyl groups excluding tert-OH is 2. The van der Waals surface area contributed by atoms with E-state index in [-0.39, 0.29) is 16.9 Å². The van der Waals surface area contributed by atoms with Crippen molar-refractivity contribution < 1.29 is 32.6 Å². The van der Waals surface area contributed by atoms with E-state index in [1.54, 1.807) is 0 Å². The standard InChI is InChI=1S/C12H12F4O3S/c1-6(17)20-5-10(18)11(19)8-3-2-7(13)4-9(8)12(14,15)16/h2-4,10-11,18-19H,5H2,1H3. The van der Waals surface area contributed by atoms with Gasteiger partial charge in [-0.3, -0.25) is 4.79 Å². The number of benzene rings is 1. The Morgan fingerprint density at radius 2 is 1.95 bits per heavy atom. The minimum Gasteiger partial charge on any atom is -0.389 e. The lowest BCUT2D eigenvalue weighted by Gasteiger charge is -2.21. The third-order valence-corrected chi connectivity index (χ3v) is 3.38. The first-order valence-corrected chi connectivity index (χ1v) is 6.47. The minimum atomic E-state index is -4.86. The monoisotopic (exact) mass is 312 g/mol. The molecule has 3 nitrogen and oxygen atoms in total. The number of carbonyl (C=O) groups is 1. The molecule has 0 fully saturated rings. The summed E-state index contributed by atoms with van der Waals surface area (Å²) in [6.07, 6.45) is -8.29. The molecular formula is C12H12F4O3S. The van der Waals surface area contributed by atoms with Crippen LogP contribution in [0.5, 0.6) is 0 Å². The molecular weight excluding hydrogens is 300 g/mol. The lowest BCUT2D eigenvalue weighted by atomic mass is 9.98. The Hall–Kier alpha value is -1.12. The number of carbonyl (C=O) groups excluding carboxylic acids is 1. The van der Waals surface area contributed by atoms with Crippen LogP contribution in [0.3, 0.4) is 0 Å². The summed E-state index contributed by atoms with van der Waals surface area (Å²) in [7, 11) is 0. The van der Waals surface area contributed by atoms with Crippen LogP contribution in [0.2, 0.25) is 0 Å². The number of aliphatic hydroxyl groups is 2. The van der Waals surface area contributed by atoms with E-state index in [0.29, 0.717) is 11.8 Å². The van der Waals surface area contributed by atoms with Gasteiger partial charge in [-0.1, -0.05) is 17.8 Å². The zero-order chi connectivity index (χ0) is 15.5. The molecule has 0 spiro atoms. The fraction of sp³-hybridized carbons (Fsp3) is 0.417. The Morgan fingerprint density at radius 3 is 2.45 bits per heavy atom. The molecule has 0 saturated heterocycles. The molecule has 0 saturated carbocycles. The smallest absolute Gasteiger partial charge is 0.389 e. The summed E-state index contributed by atoms with van der Waals surface area (Å²) in [5.41, 5.74) is -1.98. The van der Waals surface area contributed by atoms with Gasteiger partial charge < -0.3 is 10.2 Å². The number of thioether (sulfide) groups is 1. The summed E-state index contributed by atoms with van der Waals surface area (Å²) in [5, 5.41) is 19.0. The fourth-order valence-electron chi connectivity index (χ4n) is 1.53. The summed E-state index contributed by atoms with van der Waals surface area (Å²) in [4.78, 5) is 10.7. The Morgan fingerprint density at radius 1 is 1.35 bits per heavy atom. The van der Waals surface area contributed by atoms with E-state index in [2.05, 4.69) is 0 Å². The van der Waals surface area contributed by atoms with E-state index in [0.717, 1.165) is 12.1 Å². The average molecular weight is 312 g/mol. The molecule has 0 bridgehead atoms. The van der Waals surface area contributed by atoms with Crippen LogP contribution in [-0.2, 0) is 11.0 Å². The Kier molecular flexibility index (Phi) is 5.55. The molecule has 2 atom stereocenters. The van der Waals surface area contributed by atoms with Gasteiger partial charge in [-0.2, -0.15) is 13.2 Å². The lowest BCUT2D eigenvalue weighted by Crippen LogP contribution is -2.24. The number of alkyl halides is 3. The summed E-state index contributed by atoms with van der Waals surface area (Å²) in [6, 6.07) is 1.78. The van der Waals surface area contributed by atoms with Crippen molar-refractivity contribution in [2.75, 3.05) is 5.75 Å². The highest BCUT2D eigenvalue weighted by atomic mass is 32.2. The minimum absolute atomic E-state index is 0.253. The topological polar surface area (TPSA) is 57.5 Å². The van der Waals surface area contributed by atoms with Gasteiger partial charge in [-0.05, 0) is 17.7 Å². The van der Waals surface area contributed by atoms with Gasteiger partial charge in [0, 0.05) is 12.7 Å². The van der Waals surface area contributed by atoms with Crippen molar-refractivity contribution in [3.05, 3.63) is 35.1 Å². The molecule has 0 heterocycles. The van der Waals surface area contributed by atoms with Crippen molar-refractivity contribution in [1.29, 1.82) is 0 Å². The van der Waals surface area contributed by atoms with Crippen molar-refractivity contribution in [3.63, 3.8) is 0 Å². The zero-order valence-electron chi connectivity index (χ0n) is 10.3. The van der Waals surface area contributed by atoms with Gasteiger partial charge in [0.05, 0.1) is 11.7 Å². The Balaban J connectivity index is 3.03. The molecule has 2 unspecified atom stereocenters. The van der Waals surface area contributed by atoms with Crippen LogP contribution >= 0.6 is 11.8 Å². The number of hydrogen-bond donors (Lipinski definition) is 2. The molecule has 0 radical (unpaired) electrons. The van der Waals surface area contributed by atoms with Crippen molar-refractivity contribution in [3.8, 4) is 0 Å². The Bertz CT molecular complexity index is 490. The van der Waals surface area contributed by atoms with Crippen LogP contribution in [0.15, 0.2) is 18.2 Å². The van der Waals surface area contributed by atoms with Crippen molar-refractivity contribution >= 4 is 16.9 Å². The molecule has 20 heavy (non-hydrogen) atoms. The van der Waals surface area contributed by atoms with Gasteiger partial charge in [0.25, 0.3) is 0 Å². The maximum atomic E-state index is 12.9. The summed E-state index contributed by atoms with van der Waals surface area (Å²) >= 11 is 0.675. The van der Waals surface area contributed by atoms with Gasteiger partial charge >= 0.3 is 6.18 Å². The maximum Gasteiger partial charge on any atom is 0.416 e. The van der Waals surface area contributed by atoms with E-state index in [4.69, 9.17) is 0 Å². The van der Waals surface area contributed by atoms with Gasteiger partial charge in [0.1, 0.15) is 11.9 Å². The molecule has 8 heteroatoms. The highest BCUT2D eigenvalue weighted by Crippen LogP contribution is 2.36. The lowest BCUT2D eigenvalue weighted by molar-refractivity contribution is -0.140. The first-order chi connectivity index (χ1) is 9.12. The van der Waals surface area contributed by atoms with E-state index in [9.17, 15) is 32.6 Å². The second-order valence-corrected chi connectivity index (χ2v) is 5.24. The van der Waals surface area contributed by atoms with Crippen LogP contribution in [0, 0.1) is 5.82 Å². The highest BCUT2D eigenvalue weighted by molar-refractivity contribution is 8.13. The molecule has 0 aliphatic rings. The molecule has 1 rings (SSSR count). The first kappa shape index (κ1) is 16.9. The van der Waals surface area contributed by atoms with Crippen molar-refractivity contribution in [2.24, 2.45) is 0 Å². The van der Waals surface area contributed by atoms with Crippen molar-refractivity contribution in [1.82, 2.24) is 0 Å². The maximum absolute atomic E-state index is 12.9. The molecule has 1 aromatic carbocycles. The first-order valence-electron chi connectivity index (χ1n) is 5.49. The van der Waals surface area contributed by atoms with Crippen LogP contribution in [0.4, 0.5) is 17.6 Å². The third-order valence-electron chi connectivity index (χ3n) is 2.46. The van der Waals surface area contributed by atoms with Crippen LogP contribution in [-0.4, -0.2) is 27.2 Å². The largest absolute Gasteiger partial charge is 0.416 e. The third kappa shape index (κ3) is 4.46. The summed E-state index contributed by atoms with van der Waals surface area (Å²) in [6.45, 7) is 1.23. The quantitative estimate of drug-likeness (QED) is 0.839. The molecule has 2 N–H and O–H groups in total. The predicted molar refractivity (Wildman–Crippen MR) is 65.5 cm³/mol. The van der Waals surface area contributed by atoms with E-state index in [1.807, 2.05) is 0 Å². The predicted octanol–water partition coefficient (Wildman–Crippen LogP) is 2.52. The SMILES string of the molecule is CC(=O)SCC(O)C(O)c1ccc(F)cc1C(F)(F)F. The molecule has 0 aliphatic carbocycles. The number of hydrogen-bond acceptors (Lipinski definition) is 4. The van der Waals surface area contributed by atoms with E-state index in [1.165, 1.54) is 6.92 Å². The van der Waals surface area contributed by atoms with Crippen LogP contribution in [0.25, 0.3) is 0 Å². The number of rotatable bonds is 4. The second kappa shape index (κ2) is 6.55. The molecule has 0 aliphatic heterocycles. The molecule has 0 amide bonds. The molecule has 1 aromatic rings. The van der Waals surface area contributed by atoms with Crippen LogP contribution in [0.1, 0.15) is 24.2 Å². The normalized spacial score (nSPS) is 14.9. The van der Waals surface area contributed by atoms with Gasteiger partial charge in [0.2, 0.25) is 0 Å². The van der Waals surface area contributed by atoms with E-state index >= 15 is 0 Å². The zero-order valence-corrected chi connectivity index (χ0v) is 11.1. The van der Waals surface area contributed by atoms with Gasteiger partial charge in [-0.25, -0.2) is 4.39 Å². The Labute approximate surface area is 116 Å². The second-order valence-electron chi connectivity index (χ2n) is 4.04. The van der Waals surface area contributed by atoms with Crippen LogP contribution < -0.4 is 0 Å². The average Bonchev–Trinajstić information content (AvgIpc) is 2.33. The number of halogens is 4. The highest BCUT2D eigenvalue weighted by Gasteiger charge is 2.36. The fourth-order valence-corrected chi connectivity index (χ4v) is 2.12. The summed E-state index contributed by atoms with van der Waals surface area (Å²) in [5.74, 6) is -1.36. The van der Waals surface area contributed by atoms with Crippen molar-refractivity contribution in [2.45, 2.75) is 25.3 Å². The van der Waals surface area contributed by atoms with Gasteiger partial charge in [0.15, 0.2) is 5.12 Å². The molecule has 112 valence electrons.